The van der Waals surface area contributed by atoms with Crippen LogP contribution in [0.4, 0.5) is 5.95 Å². The second-order valence-electron chi connectivity index (χ2n) is 6.26. The van der Waals surface area contributed by atoms with Gasteiger partial charge in [0.15, 0.2) is 0 Å². The fraction of sp³-hybridized carbons (Fsp3) is 0.562. The molecule has 0 radical (unpaired) electrons. The Morgan fingerprint density at radius 1 is 1.58 bits per heavy atom. The van der Waals surface area contributed by atoms with Gasteiger partial charge in [0, 0.05) is 37.9 Å². The minimum atomic E-state index is -0.159. The quantitative estimate of drug-likeness (QED) is 0.833. The van der Waals surface area contributed by atoms with Gasteiger partial charge in [-0.1, -0.05) is 18.5 Å². The summed E-state index contributed by atoms with van der Waals surface area (Å²) in [5, 5.41) is 7.99. The van der Waals surface area contributed by atoms with Crippen molar-refractivity contribution in [2.45, 2.75) is 32.2 Å². The Kier molecular flexibility index (Phi) is 5.52. The summed E-state index contributed by atoms with van der Waals surface area (Å²) in [6.07, 6.45) is 5.57. The number of nitrogens with zero attached hydrogens (tertiary/aromatic N) is 3. The van der Waals surface area contributed by atoms with E-state index >= 15 is 0 Å². The fourth-order valence-corrected chi connectivity index (χ4v) is 2.99. The number of hydrogen-bond acceptors (Lipinski definition) is 5. The van der Waals surface area contributed by atoms with Crippen molar-refractivity contribution in [1.82, 2.24) is 19.7 Å². The Labute approximate surface area is 145 Å². The number of halogens is 1. The van der Waals surface area contributed by atoms with E-state index in [0.717, 1.165) is 38.3 Å². The lowest BCUT2D eigenvalue weighted by Gasteiger charge is -2.22. The van der Waals surface area contributed by atoms with Crippen molar-refractivity contribution >= 4 is 17.5 Å². The van der Waals surface area contributed by atoms with Crippen LogP contribution in [0.5, 0.6) is 0 Å². The third-order valence-corrected chi connectivity index (χ3v) is 4.34. The number of hydrogen-bond donors (Lipinski definition) is 2. The summed E-state index contributed by atoms with van der Waals surface area (Å²) >= 11 is 5.88. The van der Waals surface area contributed by atoms with Crippen molar-refractivity contribution in [1.29, 1.82) is 0 Å². The van der Waals surface area contributed by atoms with Gasteiger partial charge in [-0.3, -0.25) is 14.5 Å². The fourth-order valence-electron chi connectivity index (χ4n) is 2.83. The average molecular weight is 352 g/mol. The second kappa shape index (κ2) is 7.81. The molecule has 0 saturated carbocycles. The first-order chi connectivity index (χ1) is 11.6. The van der Waals surface area contributed by atoms with E-state index in [9.17, 15) is 4.79 Å². The molecule has 2 aromatic heterocycles. The number of ether oxygens (including phenoxy) is 1. The molecule has 24 heavy (non-hydrogen) atoms. The van der Waals surface area contributed by atoms with Crippen molar-refractivity contribution in [3.63, 3.8) is 0 Å². The summed E-state index contributed by atoms with van der Waals surface area (Å²) in [6, 6.07) is 1.53. The summed E-state index contributed by atoms with van der Waals surface area (Å²) in [5.41, 5.74) is 0.570. The van der Waals surface area contributed by atoms with E-state index in [2.05, 4.69) is 20.4 Å². The first-order valence-corrected chi connectivity index (χ1v) is 8.59. The van der Waals surface area contributed by atoms with Crippen LogP contribution in [0.3, 0.4) is 0 Å². The zero-order chi connectivity index (χ0) is 16.9. The lowest BCUT2D eigenvalue weighted by atomic mass is 10.0. The number of H-pyrrole nitrogens is 1. The van der Waals surface area contributed by atoms with Crippen molar-refractivity contribution in [3.8, 4) is 0 Å². The van der Waals surface area contributed by atoms with Gasteiger partial charge in [-0.2, -0.15) is 5.10 Å². The van der Waals surface area contributed by atoms with Crippen molar-refractivity contribution < 1.29 is 4.74 Å². The lowest BCUT2D eigenvalue weighted by molar-refractivity contribution is 0.0594. The van der Waals surface area contributed by atoms with Crippen LogP contribution in [0.15, 0.2) is 23.3 Å². The normalized spacial score (nSPS) is 19.2. The molecule has 2 aromatic rings. The second-order valence-corrected chi connectivity index (χ2v) is 6.70. The first-order valence-electron chi connectivity index (χ1n) is 8.21. The molecule has 1 saturated heterocycles. The zero-order valence-corrected chi connectivity index (χ0v) is 14.4. The highest BCUT2D eigenvalue weighted by Crippen LogP contribution is 2.17. The molecule has 3 rings (SSSR count). The molecule has 1 aliphatic heterocycles. The maximum Gasteiger partial charge on any atom is 0.252 e. The number of aromatic nitrogens is 4. The number of anilines is 1. The summed E-state index contributed by atoms with van der Waals surface area (Å²) in [6.45, 7) is 4.97. The SMILES string of the molecule is C[C@H](Cn1cc(Cl)cn1)c1cc(=O)[nH]c(NC[C@@H]2CCCOC2)n1. The zero-order valence-electron chi connectivity index (χ0n) is 13.7. The molecule has 0 aliphatic carbocycles. The van der Waals surface area contributed by atoms with Crippen LogP contribution in [0, 0.1) is 5.92 Å². The Morgan fingerprint density at radius 3 is 3.17 bits per heavy atom. The monoisotopic (exact) mass is 351 g/mol. The predicted molar refractivity (Wildman–Crippen MR) is 92.5 cm³/mol. The van der Waals surface area contributed by atoms with E-state index in [1.807, 2.05) is 6.92 Å². The molecular formula is C16H22ClN5O2. The lowest BCUT2D eigenvalue weighted by Crippen LogP contribution is -2.26. The molecule has 1 fully saturated rings. The summed E-state index contributed by atoms with van der Waals surface area (Å²) < 4.78 is 7.22. The molecule has 130 valence electrons. The van der Waals surface area contributed by atoms with Crippen LogP contribution in [-0.2, 0) is 11.3 Å². The van der Waals surface area contributed by atoms with Crippen LogP contribution < -0.4 is 10.9 Å². The van der Waals surface area contributed by atoms with E-state index < -0.39 is 0 Å². The van der Waals surface area contributed by atoms with Crippen LogP contribution in [0.2, 0.25) is 5.02 Å². The van der Waals surface area contributed by atoms with Crippen molar-refractivity contribution in [2.75, 3.05) is 25.1 Å². The maximum absolute atomic E-state index is 11.9. The molecule has 2 N–H and O–H groups in total. The van der Waals surface area contributed by atoms with E-state index in [0.29, 0.717) is 23.4 Å². The molecular weight excluding hydrogens is 330 g/mol. The van der Waals surface area contributed by atoms with E-state index in [-0.39, 0.29) is 11.5 Å². The van der Waals surface area contributed by atoms with Gasteiger partial charge >= 0.3 is 0 Å². The van der Waals surface area contributed by atoms with E-state index in [4.69, 9.17) is 16.3 Å². The topological polar surface area (TPSA) is 84.8 Å². The average Bonchev–Trinajstić information content (AvgIpc) is 2.98. The van der Waals surface area contributed by atoms with Gasteiger partial charge < -0.3 is 10.1 Å². The van der Waals surface area contributed by atoms with Crippen LogP contribution in [0.1, 0.15) is 31.4 Å². The Hall–Kier alpha value is -1.86. The largest absolute Gasteiger partial charge is 0.381 e. The Morgan fingerprint density at radius 2 is 2.46 bits per heavy atom. The van der Waals surface area contributed by atoms with Gasteiger partial charge in [0.05, 0.1) is 23.5 Å². The number of aromatic amines is 1. The van der Waals surface area contributed by atoms with Crippen molar-refractivity contribution in [2.24, 2.45) is 5.92 Å². The highest BCUT2D eigenvalue weighted by atomic mass is 35.5. The van der Waals surface area contributed by atoms with Gasteiger partial charge in [-0.15, -0.1) is 0 Å². The minimum Gasteiger partial charge on any atom is -0.381 e. The Balaban J connectivity index is 1.65. The van der Waals surface area contributed by atoms with Crippen LogP contribution in [-0.4, -0.2) is 39.5 Å². The molecule has 8 heteroatoms. The molecule has 0 bridgehead atoms. The summed E-state index contributed by atoms with van der Waals surface area (Å²) in [4.78, 5) is 19.2. The molecule has 0 amide bonds. The highest BCUT2D eigenvalue weighted by Gasteiger charge is 2.15. The first kappa shape index (κ1) is 17.0. The van der Waals surface area contributed by atoms with Crippen molar-refractivity contribution in [3.05, 3.63) is 39.5 Å². The number of nitrogens with one attached hydrogen (secondary N) is 2. The molecule has 7 nitrogen and oxygen atoms in total. The third-order valence-electron chi connectivity index (χ3n) is 4.14. The van der Waals surface area contributed by atoms with E-state index in [1.165, 1.54) is 6.07 Å². The summed E-state index contributed by atoms with van der Waals surface area (Å²) in [7, 11) is 0. The van der Waals surface area contributed by atoms with Gasteiger partial charge in [0.1, 0.15) is 0 Å². The van der Waals surface area contributed by atoms with Gasteiger partial charge in [0.2, 0.25) is 5.95 Å². The molecule has 0 unspecified atom stereocenters. The van der Waals surface area contributed by atoms with Crippen LogP contribution >= 0.6 is 11.6 Å². The Bertz CT molecular complexity index is 723. The van der Waals surface area contributed by atoms with Crippen LogP contribution in [0.25, 0.3) is 0 Å². The maximum atomic E-state index is 11.9. The van der Waals surface area contributed by atoms with Gasteiger partial charge in [0.25, 0.3) is 5.56 Å². The van der Waals surface area contributed by atoms with Gasteiger partial charge in [-0.05, 0) is 18.8 Å². The predicted octanol–water partition coefficient (Wildman–Crippen LogP) is 2.26. The molecule has 2 atom stereocenters. The molecule has 0 aromatic carbocycles. The number of rotatable bonds is 6. The highest BCUT2D eigenvalue weighted by molar-refractivity contribution is 6.30. The molecule has 0 spiro atoms. The van der Waals surface area contributed by atoms with E-state index in [1.54, 1.807) is 17.1 Å². The standard InChI is InChI=1S/C16H22ClN5O2/c1-11(8-22-9-13(17)7-19-22)14-5-15(23)21-16(20-14)18-6-12-3-2-4-24-10-12/h5,7,9,11-12H,2-4,6,8,10H2,1H3,(H2,18,20,21,23)/t11-,12+/m1/s1. The molecule has 1 aliphatic rings. The van der Waals surface area contributed by atoms with Gasteiger partial charge in [-0.25, -0.2) is 4.98 Å². The minimum absolute atomic E-state index is 0.0434. The summed E-state index contributed by atoms with van der Waals surface area (Å²) in [5.74, 6) is 1.01. The smallest absolute Gasteiger partial charge is 0.252 e. The molecule has 3 heterocycles. The third kappa shape index (κ3) is 4.58.